The molecule has 0 aromatic rings. The Morgan fingerprint density at radius 3 is 1.14 bits per heavy atom. The normalized spacial score (nSPS) is 11.5. The lowest BCUT2D eigenvalue weighted by Crippen LogP contribution is -3.00. The molecular formula is C20H44IP. The molecule has 0 rings (SSSR count). The molecule has 0 aliphatic rings. The topological polar surface area (TPSA) is 0 Å². The standard InChI is InChI=1S/C20H44P.HI/c1-5-9-13-14-15-16-20-21(17-10-6-2,18-11-7-3)19-12-8-4;/h5-20H2,1-4H3;1H/q+1;/p-1. The molecule has 0 radical (unpaired) electrons. The van der Waals surface area contributed by atoms with Crippen LogP contribution in [0.25, 0.3) is 0 Å². The highest BCUT2D eigenvalue weighted by molar-refractivity contribution is 7.75. The van der Waals surface area contributed by atoms with E-state index in [0.717, 1.165) is 0 Å². The fourth-order valence-corrected chi connectivity index (χ4v) is 8.58. The lowest BCUT2D eigenvalue weighted by atomic mass is 10.1. The minimum atomic E-state index is -0.601. The molecular weight excluding hydrogens is 398 g/mol. The van der Waals surface area contributed by atoms with Crippen LogP contribution in [0.4, 0.5) is 0 Å². The van der Waals surface area contributed by atoms with E-state index in [1.54, 1.807) is 24.6 Å². The molecule has 22 heavy (non-hydrogen) atoms. The van der Waals surface area contributed by atoms with Crippen molar-refractivity contribution in [2.45, 2.75) is 105 Å². The van der Waals surface area contributed by atoms with Crippen LogP contribution in [0.2, 0.25) is 0 Å². The minimum absolute atomic E-state index is 0. The predicted octanol–water partition coefficient (Wildman–Crippen LogP) is 4.77. The number of unbranched alkanes of at least 4 members (excludes halogenated alkanes) is 8. The van der Waals surface area contributed by atoms with Crippen LogP contribution in [0.15, 0.2) is 0 Å². The maximum atomic E-state index is 2.37. The summed E-state index contributed by atoms with van der Waals surface area (Å²) in [6.45, 7) is 9.44. The van der Waals surface area contributed by atoms with Gasteiger partial charge in [-0.1, -0.05) is 72.6 Å². The van der Waals surface area contributed by atoms with E-state index in [4.69, 9.17) is 0 Å². The zero-order valence-electron chi connectivity index (χ0n) is 16.1. The zero-order chi connectivity index (χ0) is 15.8. The van der Waals surface area contributed by atoms with Crippen LogP contribution >= 0.6 is 7.26 Å². The predicted molar refractivity (Wildman–Crippen MR) is 104 cm³/mol. The average Bonchev–Trinajstić information content (AvgIpc) is 2.51. The fraction of sp³-hybridized carbons (Fsp3) is 1.00. The van der Waals surface area contributed by atoms with Crippen LogP contribution < -0.4 is 24.0 Å². The van der Waals surface area contributed by atoms with Crippen molar-refractivity contribution in [3.63, 3.8) is 0 Å². The Bertz CT molecular complexity index is 184. The third-order valence-electron chi connectivity index (χ3n) is 4.94. The van der Waals surface area contributed by atoms with E-state index in [1.807, 2.05) is 0 Å². The van der Waals surface area contributed by atoms with Gasteiger partial charge in [0, 0.05) is 7.26 Å². The summed E-state index contributed by atoms with van der Waals surface area (Å²) in [7, 11) is -0.601. The first-order valence-corrected chi connectivity index (χ1v) is 12.6. The largest absolute Gasteiger partial charge is 1.00 e. The Morgan fingerprint density at radius 2 is 0.727 bits per heavy atom. The van der Waals surface area contributed by atoms with Crippen LogP contribution in [0.3, 0.4) is 0 Å². The molecule has 0 spiro atoms. The van der Waals surface area contributed by atoms with Gasteiger partial charge in [0.15, 0.2) is 0 Å². The summed E-state index contributed by atoms with van der Waals surface area (Å²) >= 11 is 0. The summed E-state index contributed by atoms with van der Waals surface area (Å²) in [6.07, 6.45) is 24.0. The molecule has 0 aromatic heterocycles. The van der Waals surface area contributed by atoms with Gasteiger partial charge in [-0.15, -0.1) is 0 Å². The molecule has 0 heterocycles. The van der Waals surface area contributed by atoms with Gasteiger partial charge in [-0.3, -0.25) is 0 Å². The minimum Gasteiger partial charge on any atom is -1.00 e. The maximum Gasteiger partial charge on any atom is 0.0594 e. The molecule has 0 aliphatic carbocycles. The number of hydrogen-bond donors (Lipinski definition) is 0. The van der Waals surface area contributed by atoms with Gasteiger partial charge in [-0.05, 0) is 32.1 Å². The van der Waals surface area contributed by atoms with Crippen molar-refractivity contribution >= 4 is 7.26 Å². The second-order valence-corrected chi connectivity index (χ2v) is 11.5. The summed E-state index contributed by atoms with van der Waals surface area (Å²) in [4.78, 5) is 0. The molecule has 136 valence electrons. The van der Waals surface area contributed by atoms with Crippen molar-refractivity contribution in [3.05, 3.63) is 0 Å². The van der Waals surface area contributed by atoms with Gasteiger partial charge >= 0.3 is 0 Å². The Morgan fingerprint density at radius 1 is 0.409 bits per heavy atom. The van der Waals surface area contributed by atoms with Gasteiger partial charge < -0.3 is 24.0 Å². The smallest absolute Gasteiger partial charge is 0.0594 e. The molecule has 0 aliphatic heterocycles. The van der Waals surface area contributed by atoms with Crippen molar-refractivity contribution in [1.29, 1.82) is 0 Å². The van der Waals surface area contributed by atoms with Gasteiger partial charge in [0.05, 0.1) is 24.6 Å². The second-order valence-electron chi connectivity index (χ2n) is 7.06. The van der Waals surface area contributed by atoms with Crippen molar-refractivity contribution in [3.8, 4) is 0 Å². The first kappa shape index (κ1) is 25.4. The quantitative estimate of drug-likeness (QED) is 0.184. The van der Waals surface area contributed by atoms with E-state index in [0.29, 0.717) is 0 Å². The van der Waals surface area contributed by atoms with E-state index in [2.05, 4.69) is 27.7 Å². The third kappa shape index (κ3) is 13.6. The maximum absolute atomic E-state index is 2.37. The Kier molecular flexibility index (Phi) is 21.4. The van der Waals surface area contributed by atoms with Gasteiger partial charge in [0.25, 0.3) is 0 Å². The molecule has 0 N–H and O–H groups in total. The van der Waals surface area contributed by atoms with Gasteiger partial charge in [0.2, 0.25) is 0 Å². The number of hydrogen-bond acceptors (Lipinski definition) is 0. The van der Waals surface area contributed by atoms with Gasteiger partial charge in [0.1, 0.15) is 0 Å². The molecule has 0 aromatic carbocycles. The van der Waals surface area contributed by atoms with E-state index in [1.165, 1.54) is 77.0 Å². The van der Waals surface area contributed by atoms with Crippen LogP contribution in [-0.2, 0) is 0 Å². The van der Waals surface area contributed by atoms with E-state index in [9.17, 15) is 0 Å². The summed E-state index contributed by atoms with van der Waals surface area (Å²) < 4.78 is 0. The van der Waals surface area contributed by atoms with E-state index < -0.39 is 7.26 Å². The average molecular weight is 442 g/mol. The Hall–Kier alpha value is 1.16. The lowest BCUT2D eigenvalue weighted by molar-refractivity contribution is -0.00000491. The fourth-order valence-electron chi connectivity index (χ4n) is 3.38. The molecule has 2 heteroatoms. The summed E-state index contributed by atoms with van der Waals surface area (Å²) in [6, 6.07) is 0. The molecule has 0 fully saturated rings. The number of halogens is 1. The van der Waals surface area contributed by atoms with Crippen molar-refractivity contribution in [2.24, 2.45) is 0 Å². The first-order chi connectivity index (χ1) is 10.2. The van der Waals surface area contributed by atoms with E-state index >= 15 is 0 Å². The molecule has 0 unspecified atom stereocenters. The van der Waals surface area contributed by atoms with Crippen molar-refractivity contribution in [2.75, 3.05) is 24.6 Å². The van der Waals surface area contributed by atoms with Crippen LogP contribution in [0, 0.1) is 0 Å². The third-order valence-corrected chi connectivity index (χ3v) is 10.0. The highest BCUT2D eigenvalue weighted by Crippen LogP contribution is 2.61. The summed E-state index contributed by atoms with van der Waals surface area (Å²) in [5.41, 5.74) is 0. The van der Waals surface area contributed by atoms with Crippen molar-refractivity contribution < 1.29 is 24.0 Å². The van der Waals surface area contributed by atoms with Gasteiger partial charge in [-0.2, -0.15) is 0 Å². The molecule has 0 saturated carbocycles. The summed E-state index contributed by atoms with van der Waals surface area (Å²) in [5, 5.41) is 0. The highest BCUT2D eigenvalue weighted by atomic mass is 127. The molecule has 0 nitrogen and oxygen atoms in total. The van der Waals surface area contributed by atoms with Crippen molar-refractivity contribution in [1.82, 2.24) is 0 Å². The molecule has 0 saturated heterocycles. The highest BCUT2D eigenvalue weighted by Gasteiger charge is 2.34. The molecule has 0 amide bonds. The first-order valence-electron chi connectivity index (χ1n) is 10.1. The van der Waals surface area contributed by atoms with Crippen LogP contribution in [0.1, 0.15) is 105 Å². The van der Waals surface area contributed by atoms with Gasteiger partial charge in [-0.25, -0.2) is 0 Å². The Balaban J connectivity index is 0. The zero-order valence-corrected chi connectivity index (χ0v) is 19.2. The number of rotatable bonds is 16. The summed E-state index contributed by atoms with van der Waals surface area (Å²) in [5.74, 6) is 0. The molecule has 0 atom stereocenters. The lowest BCUT2D eigenvalue weighted by Gasteiger charge is -2.28. The van der Waals surface area contributed by atoms with Crippen LogP contribution in [0.5, 0.6) is 0 Å². The van der Waals surface area contributed by atoms with Crippen LogP contribution in [-0.4, -0.2) is 24.6 Å². The Labute approximate surface area is 160 Å². The SMILES string of the molecule is CCCCCCCC[P+](CCCC)(CCCC)CCCC.[I-]. The molecule has 0 bridgehead atoms. The van der Waals surface area contributed by atoms with E-state index in [-0.39, 0.29) is 24.0 Å². The monoisotopic (exact) mass is 442 g/mol. The second kappa shape index (κ2) is 18.5.